The van der Waals surface area contributed by atoms with Gasteiger partial charge in [0.2, 0.25) is 0 Å². The maximum Gasteiger partial charge on any atom is 0.132 e. The van der Waals surface area contributed by atoms with Crippen molar-refractivity contribution < 1.29 is 10.0 Å². The van der Waals surface area contributed by atoms with E-state index in [2.05, 4.69) is 40.9 Å². The molecule has 0 aliphatic carbocycles. The van der Waals surface area contributed by atoms with Gasteiger partial charge in [0, 0.05) is 25.9 Å². The molecule has 3 heteroatoms. The summed E-state index contributed by atoms with van der Waals surface area (Å²) in [4.78, 5) is 12.0. The Morgan fingerprint density at radius 3 is 0.771 bits per heavy atom. The van der Waals surface area contributed by atoms with Crippen LogP contribution in [0.5, 0.6) is 0 Å². The molecule has 290 valence electrons. The minimum atomic E-state index is 0.473. The van der Waals surface area contributed by atoms with Crippen LogP contribution in [0.3, 0.4) is 0 Å². The zero-order valence-corrected chi connectivity index (χ0v) is 34.1. The monoisotopic (exact) mass is 680 g/mol. The van der Waals surface area contributed by atoms with Crippen molar-refractivity contribution in [2.75, 3.05) is 13.1 Å². The number of rotatable bonds is 38. The molecular weight excluding hydrogens is 587 g/mol. The van der Waals surface area contributed by atoms with Gasteiger partial charge >= 0.3 is 0 Å². The van der Waals surface area contributed by atoms with Crippen LogP contribution in [0.1, 0.15) is 259 Å². The first kappa shape index (κ1) is 51.7. The SMILES string of the molecule is C=C.CCCCCCCCCC.CCCCCCCCCCCCCCCN(O)CCCCCCCC(=O)CCCCCCCCCC. The highest BCUT2D eigenvalue weighted by atomic mass is 16.5. The van der Waals surface area contributed by atoms with E-state index in [1.165, 1.54) is 191 Å². The number of nitrogens with zero attached hydrogens (tertiary/aromatic N) is 1. The molecule has 0 amide bonds. The zero-order chi connectivity index (χ0) is 36.0. The van der Waals surface area contributed by atoms with Crippen molar-refractivity contribution >= 4 is 5.78 Å². The van der Waals surface area contributed by atoms with E-state index in [9.17, 15) is 10.0 Å². The number of ketones is 1. The highest BCUT2D eigenvalue weighted by Crippen LogP contribution is 2.14. The van der Waals surface area contributed by atoms with Gasteiger partial charge in [-0.3, -0.25) is 4.79 Å². The van der Waals surface area contributed by atoms with Crippen LogP contribution in [0.2, 0.25) is 0 Å². The van der Waals surface area contributed by atoms with Crippen molar-refractivity contribution in [1.29, 1.82) is 0 Å². The lowest BCUT2D eigenvalue weighted by Gasteiger charge is -2.14. The summed E-state index contributed by atoms with van der Waals surface area (Å²) in [6.07, 6.45) is 46.9. The van der Waals surface area contributed by atoms with Gasteiger partial charge < -0.3 is 5.21 Å². The van der Waals surface area contributed by atoms with Crippen molar-refractivity contribution in [3.63, 3.8) is 0 Å². The van der Waals surface area contributed by atoms with Crippen molar-refractivity contribution in [3.8, 4) is 0 Å². The molecular formula is C45H93NO2. The number of Topliss-reactive ketones (excluding diaryl/α,β-unsaturated/α-hetero) is 1. The predicted molar refractivity (Wildman–Crippen MR) is 219 cm³/mol. The molecule has 1 N–H and O–H groups in total. The molecule has 0 unspecified atom stereocenters. The van der Waals surface area contributed by atoms with Gasteiger partial charge in [-0.25, -0.2) is 0 Å². The maximum absolute atomic E-state index is 12.0. The highest BCUT2D eigenvalue weighted by Gasteiger charge is 2.03. The molecule has 3 nitrogen and oxygen atoms in total. The molecule has 0 radical (unpaired) electrons. The van der Waals surface area contributed by atoms with Crippen LogP contribution in [-0.4, -0.2) is 29.1 Å². The first-order chi connectivity index (χ1) is 23.6. The molecule has 48 heavy (non-hydrogen) atoms. The van der Waals surface area contributed by atoms with Crippen LogP contribution in [0.15, 0.2) is 13.2 Å². The molecule has 0 aromatic heterocycles. The average Bonchev–Trinajstić information content (AvgIpc) is 3.10. The Balaban J connectivity index is -0.00000143. The van der Waals surface area contributed by atoms with Gasteiger partial charge in [0.15, 0.2) is 0 Å². The van der Waals surface area contributed by atoms with Gasteiger partial charge in [-0.15, -0.1) is 13.2 Å². The summed E-state index contributed by atoms with van der Waals surface area (Å²) in [5, 5.41) is 11.6. The van der Waals surface area contributed by atoms with Crippen molar-refractivity contribution in [3.05, 3.63) is 13.2 Å². The summed E-state index contributed by atoms with van der Waals surface area (Å²) in [5.41, 5.74) is 0. The van der Waals surface area contributed by atoms with Crippen molar-refractivity contribution in [1.82, 2.24) is 5.06 Å². The Kier molecular flexibility index (Phi) is 54.6. The summed E-state index contributed by atoms with van der Waals surface area (Å²) >= 11 is 0. The third-order valence-corrected chi connectivity index (χ3v) is 9.66. The van der Waals surface area contributed by atoms with Gasteiger partial charge in [0.1, 0.15) is 5.78 Å². The van der Waals surface area contributed by atoms with Gasteiger partial charge in [-0.2, -0.15) is 5.06 Å². The molecule has 0 saturated heterocycles. The number of unbranched alkanes of at least 4 members (excludes halogenated alkanes) is 30. The third-order valence-electron chi connectivity index (χ3n) is 9.66. The van der Waals surface area contributed by atoms with E-state index in [0.29, 0.717) is 5.78 Å². The minimum absolute atomic E-state index is 0.473. The fraction of sp³-hybridized carbons (Fsp3) is 0.933. The Hall–Kier alpha value is -0.670. The van der Waals surface area contributed by atoms with E-state index in [0.717, 1.165) is 58.0 Å². The fourth-order valence-corrected chi connectivity index (χ4v) is 6.36. The van der Waals surface area contributed by atoms with Crippen LogP contribution in [0.4, 0.5) is 0 Å². The smallest absolute Gasteiger partial charge is 0.132 e. The number of hydrogen-bond acceptors (Lipinski definition) is 3. The van der Waals surface area contributed by atoms with Crippen LogP contribution >= 0.6 is 0 Å². The first-order valence-corrected chi connectivity index (χ1v) is 22.1. The molecule has 0 bridgehead atoms. The molecule has 0 atom stereocenters. The summed E-state index contributed by atoms with van der Waals surface area (Å²) in [6, 6.07) is 0. The largest absolute Gasteiger partial charge is 0.314 e. The van der Waals surface area contributed by atoms with Gasteiger partial charge in [0.25, 0.3) is 0 Å². The molecule has 0 aliphatic heterocycles. The predicted octanol–water partition coefficient (Wildman–Crippen LogP) is 16.2. The lowest BCUT2D eigenvalue weighted by Crippen LogP contribution is -2.21. The molecule has 0 saturated carbocycles. The molecule has 0 fully saturated rings. The lowest BCUT2D eigenvalue weighted by atomic mass is 10.0. The molecule has 0 spiro atoms. The van der Waals surface area contributed by atoms with E-state index in [-0.39, 0.29) is 0 Å². The topological polar surface area (TPSA) is 40.5 Å². The Morgan fingerprint density at radius 2 is 0.542 bits per heavy atom. The van der Waals surface area contributed by atoms with Gasteiger partial charge in [0.05, 0.1) is 0 Å². The Bertz CT molecular complexity index is 543. The Labute approximate surface area is 305 Å². The summed E-state index contributed by atoms with van der Waals surface area (Å²) in [6.45, 7) is 16.7. The second-order valence-electron chi connectivity index (χ2n) is 14.6. The summed E-state index contributed by atoms with van der Waals surface area (Å²) in [7, 11) is 0. The first-order valence-electron chi connectivity index (χ1n) is 22.1. The van der Waals surface area contributed by atoms with Crippen LogP contribution in [0.25, 0.3) is 0 Å². The lowest BCUT2D eigenvalue weighted by molar-refractivity contribution is -0.119. The van der Waals surface area contributed by atoms with Crippen molar-refractivity contribution in [2.24, 2.45) is 0 Å². The fourth-order valence-electron chi connectivity index (χ4n) is 6.36. The minimum Gasteiger partial charge on any atom is -0.314 e. The van der Waals surface area contributed by atoms with Gasteiger partial charge in [-0.05, 0) is 25.7 Å². The van der Waals surface area contributed by atoms with Crippen LogP contribution in [-0.2, 0) is 4.79 Å². The quantitative estimate of drug-likeness (QED) is 0.0401. The average molecular weight is 680 g/mol. The van der Waals surface area contributed by atoms with Crippen LogP contribution in [0, 0.1) is 0 Å². The number of carbonyl (C=O) groups excluding carboxylic acids is 1. The van der Waals surface area contributed by atoms with E-state index in [4.69, 9.17) is 0 Å². The molecule has 0 aromatic carbocycles. The number of hydrogen-bond donors (Lipinski definition) is 1. The summed E-state index contributed by atoms with van der Waals surface area (Å²) < 4.78 is 0. The second kappa shape index (κ2) is 50.7. The number of carbonyl (C=O) groups is 1. The van der Waals surface area contributed by atoms with Gasteiger partial charge in [-0.1, -0.05) is 220 Å². The molecule has 0 aromatic rings. The normalized spacial score (nSPS) is 10.9. The Morgan fingerprint density at radius 1 is 0.354 bits per heavy atom. The zero-order valence-electron chi connectivity index (χ0n) is 34.1. The van der Waals surface area contributed by atoms with Crippen molar-refractivity contribution in [2.45, 2.75) is 259 Å². The van der Waals surface area contributed by atoms with E-state index in [1.807, 2.05) is 0 Å². The van der Waals surface area contributed by atoms with E-state index >= 15 is 0 Å². The second-order valence-corrected chi connectivity index (χ2v) is 14.6. The van der Waals surface area contributed by atoms with E-state index in [1.54, 1.807) is 0 Å². The third kappa shape index (κ3) is 52.1. The standard InChI is InChI=1S/C33H67NO2.C10H22.C2H4/c1-3-5-7-9-11-13-14-15-16-17-19-23-27-31-34(36)32-28-24-20-22-26-30-33(35)29-25-21-18-12-10-8-6-4-2;1-3-5-7-9-10-8-6-4-2;1-2/h36H,3-32H2,1-2H3;3-10H2,1-2H3;1-2H2. The van der Waals surface area contributed by atoms with Crippen LogP contribution < -0.4 is 0 Å². The number of hydroxylamine groups is 2. The van der Waals surface area contributed by atoms with E-state index < -0.39 is 0 Å². The molecule has 0 rings (SSSR count). The summed E-state index contributed by atoms with van der Waals surface area (Å²) in [5.74, 6) is 0.473. The maximum atomic E-state index is 12.0. The molecule has 0 aliphatic rings. The molecule has 0 heterocycles. The highest BCUT2D eigenvalue weighted by molar-refractivity contribution is 5.78.